The molecule has 1 heteroatoms. The molecule has 0 aliphatic heterocycles. The molecule has 2 rings (SSSR count). The first-order chi connectivity index (χ1) is 5.71. The second kappa shape index (κ2) is 2.58. The first-order valence-corrected chi connectivity index (χ1v) is 4.60. The first-order valence-electron chi connectivity index (χ1n) is 4.60. The van der Waals surface area contributed by atoms with Crippen LogP contribution in [0.4, 0.5) is 0 Å². The van der Waals surface area contributed by atoms with Gasteiger partial charge in [0.25, 0.3) is 0 Å². The van der Waals surface area contributed by atoms with Crippen LogP contribution in [0.3, 0.4) is 0 Å². The van der Waals surface area contributed by atoms with Gasteiger partial charge in [0, 0.05) is 12.4 Å². The molecule has 0 N–H and O–H groups in total. The largest absolute Gasteiger partial charge is 0.264 e. The summed E-state index contributed by atoms with van der Waals surface area (Å²) in [7, 11) is 0. The van der Waals surface area contributed by atoms with E-state index >= 15 is 0 Å². The second-order valence-corrected chi connectivity index (χ2v) is 4.30. The molecule has 1 aliphatic rings. The van der Waals surface area contributed by atoms with Crippen molar-refractivity contribution in [3.63, 3.8) is 0 Å². The van der Waals surface area contributed by atoms with Gasteiger partial charge in [0.1, 0.15) is 0 Å². The van der Waals surface area contributed by atoms with E-state index in [0.717, 1.165) is 5.92 Å². The third-order valence-corrected chi connectivity index (χ3v) is 3.13. The van der Waals surface area contributed by atoms with Crippen LogP contribution in [0.2, 0.25) is 0 Å². The normalized spacial score (nSPS) is 33.3. The lowest BCUT2D eigenvalue weighted by atomic mass is 9.98. The average Bonchev–Trinajstić information content (AvgIpc) is 2.61. The van der Waals surface area contributed by atoms with Crippen LogP contribution in [-0.2, 0) is 6.42 Å². The van der Waals surface area contributed by atoms with Crippen molar-refractivity contribution in [1.29, 1.82) is 0 Å². The summed E-state index contributed by atoms with van der Waals surface area (Å²) in [6.07, 6.45) is 6.39. The molecular formula is C11H15N. The highest BCUT2D eigenvalue weighted by atomic mass is 14.6. The van der Waals surface area contributed by atoms with Gasteiger partial charge >= 0.3 is 0 Å². The molecule has 0 radical (unpaired) electrons. The van der Waals surface area contributed by atoms with E-state index in [0.29, 0.717) is 5.41 Å². The maximum Gasteiger partial charge on any atom is 0.0300 e. The van der Waals surface area contributed by atoms with Crippen LogP contribution in [0.1, 0.15) is 25.8 Å². The Balaban J connectivity index is 2.06. The Bertz CT molecular complexity index is 268. The van der Waals surface area contributed by atoms with E-state index in [2.05, 4.69) is 24.9 Å². The molecule has 2 atom stereocenters. The minimum absolute atomic E-state index is 0.572. The number of pyridine rings is 1. The van der Waals surface area contributed by atoms with Crippen LogP contribution in [0.5, 0.6) is 0 Å². The molecule has 0 aromatic carbocycles. The third-order valence-electron chi connectivity index (χ3n) is 3.13. The van der Waals surface area contributed by atoms with E-state index in [9.17, 15) is 0 Å². The van der Waals surface area contributed by atoms with Crippen LogP contribution in [-0.4, -0.2) is 4.98 Å². The highest BCUT2D eigenvalue weighted by molar-refractivity contribution is 5.14. The molecule has 1 aliphatic carbocycles. The summed E-state index contributed by atoms with van der Waals surface area (Å²) in [6, 6.07) is 4.19. The fourth-order valence-electron chi connectivity index (χ4n) is 1.86. The van der Waals surface area contributed by atoms with Gasteiger partial charge in [-0.25, -0.2) is 0 Å². The Hall–Kier alpha value is -0.850. The van der Waals surface area contributed by atoms with Crippen LogP contribution in [0, 0.1) is 11.3 Å². The minimum atomic E-state index is 0.572. The summed E-state index contributed by atoms with van der Waals surface area (Å²) in [4.78, 5) is 4.12. The van der Waals surface area contributed by atoms with Gasteiger partial charge < -0.3 is 0 Å². The van der Waals surface area contributed by atoms with Crippen molar-refractivity contribution < 1.29 is 0 Å². The van der Waals surface area contributed by atoms with Gasteiger partial charge in [-0.15, -0.1) is 0 Å². The predicted molar refractivity (Wildman–Crippen MR) is 49.8 cm³/mol. The van der Waals surface area contributed by atoms with Gasteiger partial charge in [0.05, 0.1) is 0 Å². The van der Waals surface area contributed by atoms with Gasteiger partial charge in [-0.1, -0.05) is 19.9 Å². The molecule has 0 amide bonds. The van der Waals surface area contributed by atoms with E-state index in [4.69, 9.17) is 0 Å². The number of hydrogen-bond acceptors (Lipinski definition) is 1. The van der Waals surface area contributed by atoms with E-state index in [1.165, 1.54) is 18.4 Å². The molecule has 12 heavy (non-hydrogen) atoms. The van der Waals surface area contributed by atoms with Crippen molar-refractivity contribution in [3.05, 3.63) is 30.1 Å². The maximum atomic E-state index is 4.12. The average molecular weight is 161 g/mol. The molecule has 0 saturated heterocycles. The lowest BCUT2D eigenvalue weighted by molar-refractivity contribution is 0.517. The summed E-state index contributed by atoms with van der Waals surface area (Å²) in [5.41, 5.74) is 1.95. The lowest BCUT2D eigenvalue weighted by Crippen LogP contribution is -2.01. The second-order valence-electron chi connectivity index (χ2n) is 4.30. The van der Waals surface area contributed by atoms with Gasteiger partial charge in [-0.2, -0.15) is 0 Å². The summed E-state index contributed by atoms with van der Waals surface area (Å²) in [6.45, 7) is 4.70. The molecule has 1 aromatic heterocycles. The Morgan fingerprint density at radius 3 is 2.92 bits per heavy atom. The zero-order valence-corrected chi connectivity index (χ0v) is 7.75. The SMILES string of the molecule is CC1CC1(C)Cc1cccnc1. The van der Waals surface area contributed by atoms with Crippen molar-refractivity contribution in [2.45, 2.75) is 26.7 Å². The zero-order valence-electron chi connectivity index (χ0n) is 7.75. The van der Waals surface area contributed by atoms with Gasteiger partial charge in [-0.3, -0.25) is 4.98 Å². The van der Waals surface area contributed by atoms with Crippen LogP contribution >= 0.6 is 0 Å². The summed E-state index contributed by atoms with van der Waals surface area (Å²) in [5, 5.41) is 0. The van der Waals surface area contributed by atoms with E-state index < -0.39 is 0 Å². The lowest BCUT2D eigenvalue weighted by Gasteiger charge is -2.08. The molecule has 2 unspecified atom stereocenters. The molecule has 1 aromatic rings. The Labute approximate surface area is 73.8 Å². The first kappa shape index (κ1) is 7.78. The highest BCUT2D eigenvalue weighted by Gasteiger charge is 2.45. The monoisotopic (exact) mass is 161 g/mol. The van der Waals surface area contributed by atoms with Gasteiger partial charge in [0.2, 0.25) is 0 Å². The quantitative estimate of drug-likeness (QED) is 0.649. The highest BCUT2D eigenvalue weighted by Crippen LogP contribution is 2.53. The number of hydrogen-bond donors (Lipinski definition) is 0. The molecule has 64 valence electrons. The van der Waals surface area contributed by atoms with Crippen molar-refractivity contribution in [2.24, 2.45) is 11.3 Å². The van der Waals surface area contributed by atoms with E-state index in [1.807, 2.05) is 18.5 Å². The molecule has 1 fully saturated rings. The number of aromatic nitrogens is 1. The molecular weight excluding hydrogens is 146 g/mol. The van der Waals surface area contributed by atoms with Crippen LogP contribution in [0.15, 0.2) is 24.5 Å². The van der Waals surface area contributed by atoms with Gasteiger partial charge in [-0.05, 0) is 35.8 Å². The Morgan fingerprint density at radius 2 is 2.42 bits per heavy atom. The van der Waals surface area contributed by atoms with Crippen molar-refractivity contribution >= 4 is 0 Å². The van der Waals surface area contributed by atoms with Crippen LogP contribution in [0.25, 0.3) is 0 Å². The third kappa shape index (κ3) is 1.36. The summed E-state index contributed by atoms with van der Waals surface area (Å²) < 4.78 is 0. The van der Waals surface area contributed by atoms with Crippen molar-refractivity contribution in [2.75, 3.05) is 0 Å². The molecule has 1 nitrogen and oxygen atoms in total. The topological polar surface area (TPSA) is 12.9 Å². The fourth-order valence-corrected chi connectivity index (χ4v) is 1.86. The summed E-state index contributed by atoms with van der Waals surface area (Å²) in [5.74, 6) is 0.901. The van der Waals surface area contributed by atoms with E-state index in [1.54, 1.807) is 0 Å². The Kier molecular flexibility index (Phi) is 1.67. The number of nitrogens with zero attached hydrogens (tertiary/aromatic N) is 1. The standard InChI is InChI=1S/C11H15N/c1-9-6-11(9,2)7-10-4-3-5-12-8-10/h3-5,8-9H,6-7H2,1-2H3. The van der Waals surface area contributed by atoms with Crippen LogP contribution < -0.4 is 0 Å². The number of rotatable bonds is 2. The van der Waals surface area contributed by atoms with Gasteiger partial charge in [0.15, 0.2) is 0 Å². The molecule has 0 spiro atoms. The fraction of sp³-hybridized carbons (Fsp3) is 0.545. The minimum Gasteiger partial charge on any atom is -0.264 e. The summed E-state index contributed by atoms with van der Waals surface area (Å²) >= 11 is 0. The predicted octanol–water partition coefficient (Wildman–Crippen LogP) is 2.67. The zero-order chi connectivity index (χ0) is 8.60. The van der Waals surface area contributed by atoms with Crippen molar-refractivity contribution in [3.8, 4) is 0 Å². The molecule has 1 saturated carbocycles. The smallest absolute Gasteiger partial charge is 0.0300 e. The van der Waals surface area contributed by atoms with E-state index in [-0.39, 0.29) is 0 Å². The molecule has 1 heterocycles. The Morgan fingerprint density at radius 1 is 1.67 bits per heavy atom. The maximum absolute atomic E-state index is 4.12. The molecule has 0 bridgehead atoms. The van der Waals surface area contributed by atoms with Crippen molar-refractivity contribution in [1.82, 2.24) is 4.98 Å².